The highest BCUT2D eigenvalue weighted by molar-refractivity contribution is 5.82. The molecule has 0 heterocycles. The molecule has 0 saturated heterocycles. The third kappa shape index (κ3) is 2.29. The van der Waals surface area contributed by atoms with E-state index in [1.54, 1.807) is 18.2 Å². The lowest BCUT2D eigenvalue weighted by Gasteiger charge is -2.16. The van der Waals surface area contributed by atoms with Crippen molar-refractivity contribution in [2.24, 2.45) is 5.73 Å². The van der Waals surface area contributed by atoms with Crippen LogP contribution in [0.3, 0.4) is 0 Å². The molecular formula is C10H14N2O. The average molecular weight is 184 g/mol. The number of nitrogens with two attached hydrogens (primary N) is 1. The van der Waals surface area contributed by atoms with E-state index in [1.165, 1.54) is 12.1 Å². The van der Waals surface area contributed by atoms with Gasteiger partial charge in [-0.3, -0.25) is 4.79 Å². The number of carbonyl (C=O) groups excluding carboxylic acids is 1. The van der Waals surface area contributed by atoms with Crippen molar-refractivity contribution in [1.82, 2.24) is 4.90 Å². The highest BCUT2D eigenvalue weighted by Gasteiger charge is 2.16. The Balaban J connectivity index is 3.09. The molecule has 1 atom stereocenters. The highest BCUT2D eigenvalue weighted by atomic mass is 16.2. The van der Waals surface area contributed by atoms with Gasteiger partial charge in [-0.15, -0.1) is 0 Å². The van der Waals surface area contributed by atoms with E-state index in [2.05, 4.69) is 0 Å². The molecule has 0 saturated carbocycles. The second kappa shape index (κ2) is 4.05. The minimum atomic E-state index is -3.07. The molecule has 0 fully saturated rings. The summed E-state index contributed by atoms with van der Waals surface area (Å²) in [7, 11) is 0. The molecule has 0 aliphatic rings. The third-order valence-corrected chi connectivity index (χ3v) is 1.65. The Labute approximate surface area is 86.6 Å². The molecule has 0 aliphatic carbocycles. The summed E-state index contributed by atoms with van der Waals surface area (Å²) in [5.41, 5.74) is 5.99. The molecule has 1 rings (SSSR count). The van der Waals surface area contributed by atoms with Gasteiger partial charge in [-0.2, -0.15) is 0 Å². The predicted molar refractivity (Wildman–Crippen MR) is 52.1 cm³/mol. The number of likely N-dealkylation sites (N-methyl/N-ethyl adjacent to an activating group) is 1. The van der Waals surface area contributed by atoms with Crippen LogP contribution < -0.4 is 5.73 Å². The fourth-order valence-electron chi connectivity index (χ4n) is 0.942. The molecule has 0 unspecified atom stereocenters. The lowest BCUT2D eigenvalue weighted by Crippen LogP contribution is -2.33. The SMILES string of the molecule is [2H]C([2H])([2H])N(C(=O)[C@@H](N)c1ccccc1)C([2H])([2H])[2H]. The second-order valence-corrected chi connectivity index (χ2v) is 2.56. The molecule has 2 N–H and O–H groups in total. The Bertz CT molecular complexity index is 428. The normalized spacial score (nSPS) is 21.0. The Morgan fingerprint density at radius 3 is 2.62 bits per heavy atom. The molecule has 1 aromatic carbocycles. The van der Waals surface area contributed by atoms with Crippen LogP contribution in [0.5, 0.6) is 0 Å². The zero-order valence-corrected chi connectivity index (χ0v) is 6.90. The summed E-state index contributed by atoms with van der Waals surface area (Å²) in [6, 6.07) is 6.67. The van der Waals surface area contributed by atoms with Crippen LogP contribution in [-0.4, -0.2) is 24.8 Å². The topological polar surface area (TPSA) is 46.3 Å². The van der Waals surface area contributed by atoms with E-state index < -0.39 is 25.9 Å². The maximum absolute atomic E-state index is 12.0. The number of benzene rings is 1. The van der Waals surface area contributed by atoms with Gasteiger partial charge in [0.05, 0.1) is 0 Å². The number of hydrogen-bond donors (Lipinski definition) is 1. The molecule has 13 heavy (non-hydrogen) atoms. The first-order valence-corrected chi connectivity index (χ1v) is 3.70. The molecular weight excluding hydrogens is 164 g/mol. The smallest absolute Gasteiger partial charge is 0.243 e. The van der Waals surface area contributed by atoms with Crippen LogP contribution >= 0.6 is 0 Å². The predicted octanol–water partition coefficient (Wildman–Crippen LogP) is 0.775. The van der Waals surface area contributed by atoms with Crippen LogP contribution in [-0.2, 0) is 4.79 Å². The van der Waals surface area contributed by atoms with E-state index in [1.807, 2.05) is 0 Å². The van der Waals surface area contributed by atoms with Crippen LogP contribution in [0.4, 0.5) is 0 Å². The first kappa shape index (κ1) is 4.24. The monoisotopic (exact) mass is 184 g/mol. The number of amides is 1. The lowest BCUT2D eigenvalue weighted by atomic mass is 10.1. The maximum Gasteiger partial charge on any atom is 0.243 e. The summed E-state index contributed by atoms with van der Waals surface area (Å²) in [5.74, 6) is -1.16. The first-order chi connectivity index (χ1) is 8.55. The molecule has 1 amide bonds. The lowest BCUT2D eigenvalue weighted by molar-refractivity contribution is -0.130. The Morgan fingerprint density at radius 2 is 2.08 bits per heavy atom. The summed E-state index contributed by atoms with van der Waals surface area (Å²) in [5, 5.41) is 0. The van der Waals surface area contributed by atoms with Crippen molar-refractivity contribution in [2.75, 3.05) is 14.0 Å². The Morgan fingerprint density at radius 1 is 1.46 bits per heavy atom. The molecule has 0 radical (unpaired) electrons. The van der Waals surface area contributed by atoms with E-state index in [-0.39, 0.29) is 4.90 Å². The van der Waals surface area contributed by atoms with E-state index in [9.17, 15) is 4.79 Å². The van der Waals surface area contributed by atoms with Crippen molar-refractivity contribution in [1.29, 1.82) is 0 Å². The van der Waals surface area contributed by atoms with E-state index >= 15 is 0 Å². The quantitative estimate of drug-likeness (QED) is 0.738. The molecule has 0 spiro atoms. The van der Waals surface area contributed by atoms with Crippen molar-refractivity contribution in [2.45, 2.75) is 6.04 Å². The highest BCUT2D eigenvalue weighted by Crippen LogP contribution is 2.10. The van der Waals surface area contributed by atoms with Gasteiger partial charge in [-0.05, 0) is 5.56 Å². The third-order valence-electron chi connectivity index (χ3n) is 1.65. The second-order valence-electron chi connectivity index (χ2n) is 2.56. The molecule has 0 aromatic heterocycles. The minimum absolute atomic E-state index is 0.127. The molecule has 1 aromatic rings. The summed E-state index contributed by atoms with van der Waals surface area (Å²) >= 11 is 0. The van der Waals surface area contributed by atoms with Crippen LogP contribution in [0, 0.1) is 0 Å². The van der Waals surface area contributed by atoms with E-state index in [0.717, 1.165) is 0 Å². The maximum atomic E-state index is 12.0. The number of nitrogens with zero attached hydrogens (tertiary/aromatic N) is 1. The number of rotatable bonds is 2. The van der Waals surface area contributed by atoms with Gasteiger partial charge >= 0.3 is 0 Å². The summed E-state index contributed by atoms with van der Waals surface area (Å²) in [4.78, 5) is 11.9. The van der Waals surface area contributed by atoms with E-state index in [0.29, 0.717) is 5.56 Å². The van der Waals surface area contributed by atoms with Gasteiger partial charge in [0.1, 0.15) is 6.04 Å². The Kier molecular flexibility index (Phi) is 1.32. The standard InChI is InChI=1S/C10H14N2O/c1-12(2)10(13)9(11)8-6-4-3-5-7-8/h3-7,9H,11H2,1-2H3/t9-/m0/s1/i1D3,2D3. The van der Waals surface area contributed by atoms with Gasteiger partial charge in [0.25, 0.3) is 0 Å². The van der Waals surface area contributed by atoms with Gasteiger partial charge in [-0.25, -0.2) is 0 Å². The fraction of sp³-hybridized carbons (Fsp3) is 0.300. The zero-order valence-electron chi connectivity index (χ0n) is 12.9. The van der Waals surface area contributed by atoms with Crippen molar-refractivity contribution in [3.63, 3.8) is 0 Å². The average Bonchev–Trinajstić information content (AvgIpc) is 2.25. The van der Waals surface area contributed by atoms with Crippen molar-refractivity contribution < 1.29 is 13.0 Å². The molecule has 0 bridgehead atoms. The van der Waals surface area contributed by atoms with E-state index in [4.69, 9.17) is 14.0 Å². The van der Waals surface area contributed by atoms with Gasteiger partial charge in [0.15, 0.2) is 0 Å². The van der Waals surface area contributed by atoms with Crippen LogP contribution in [0.15, 0.2) is 30.3 Å². The summed E-state index contributed by atoms with van der Waals surface area (Å²) in [6.07, 6.45) is 0. The largest absolute Gasteiger partial charge is 0.347 e. The van der Waals surface area contributed by atoms with Gasteiger partial charge in [0, 0.05) is 22.2 Å². The van der Waals surface area contributed by atoms with Crippen molar-refractivity contribution in [3.8, 4) is 0 Å². The first-order valence-electron chi connectivity index (χ1n) is 6.70. The van der Waals surface area contributed by atoms with Gasteiger partial charge in [0.2, 0.25) is 5.91 Å². The number of hydrogen-bond acceptors (Lipinski definition) is 2. The van der Waals surface area contributed by atoms with Crippen LogP contribution in [0.25, 0.3) is 0 Å². The molecule has 3 heteroatoms. The number of carbonyl (C=O) groups is 1. The van der Waals surface area contributed by atoms with Crippen molar-refractivity contribution in [3.05, 3.63) is 35.9 Å². The van der Waals surface area contributed by atoms with Crippen LogP contribution in [0.2, 0.25) is 0 Å². The van der Waals surface area contributed by atoms with Gasteiger partial charge in [-0.1, -0.05) is 30.3 Å². The summed E-state index contributed by atoms with van der Waals surface area (Å²) in [6.45, 7) is -6.15. The van der Waals surface area contributed by atoms with Crippen LogP contribution in [0.1, 0.15) is 19.8 Å². The molecule has 3 nitrogen and oxygen atoms in total. The molecule has 0 aliphatic heterocycles. The van der Waals surface area contributed by atoms with Gasteiger partial charge < -0.3 is 10.6 Å². The summed E-state index contributed by atoms with van der Waals surface area (Å²) < 4.78 is 42.9. The zero-order chi connectivity index (χ0) is 14.8. The molecule has 70 valence electrons. The minimum Gasteiger partial charge on any atom is -0.347 e. The van der Waals surface area contributed by atoms with Crippen molar-refractivity contribution >= 4 is 5.91 Å². The Hall–Kier alpha value is -1.35. The fourth-order valence-corrected chi connectivity index (χ4v) is 0.942.